The molecule has 3 aromatic carbocycles. The predicted octanol–water partition coefficient (Wildman–Crippen LogP) is 6.24. The Hall–Kier alpha value is -4.33. The van der Waals surface area contributed by atoms with Gasteiger partial charge in [0.1, 0.15) is 0 Å². The number of carbonyl (C=O) groups excluding carboxylic acids is 1. The number of nitrogens with zero attached hydrogens (tertiary/aromatic N) is 1. The highest BCUT2D eigenvalue weighted by molar-refractivity contribution is 6.01. The van der Waals surface area contributed by atoms with Gasteiger partial charge in [-0.3, -0.25) is 14.9 Å². The van der Waals surface area contributed by atoms with Gasteiger partial charge in [0.25, 0.3) is 0 Å². The Morgan fingerprint density at radius 2 is 1.76 bits per heavy atom. The molecule has 0 fully saturated rings. The van der Waals surface area contributed by atoms with Crippen LogP contribution >= 0.6 is 0 Å². The lowest BCUT2D eigenvalue weighted by Crippen LogP contribution is -2.27. The van der Waals surface area contributed by atoms with Crippen LogP contribution in [0.2, 0.25) is 0 Å². The SMILES string of the molecule is CCOc1cc(C2Nc3ccccc3NC3=C2C(=O)CC(c2ccc(CC)cc2)C3)cc([N+](=O)[O-])c1O. The molecule has 1 aliphatic carbocycles. The van der Waals surface area contributed by atoms with Crippen molar-refractivity contribution in [2.75, 3.05) is 17.2 Å². The van der Waals surface area contributed by atoms with Crippen molar-refractivity contribution >= 4 is 22.8 Å². The third kappa shape index (κ3) is 4.62. The van der Waals surface area contributed by atoms with Gasteiger partial charge in [-0.05, 0) is 60.6 Å². The monoisotopic (exact) mass is 499 g/mol. The number of ketones is 1. The third-order valence-electron chi connectivity index (χ3n) is 7.08. The molecule has 0 saturated heterocycles. The average Bonchev–Trinajstić information content (AvgIpc) is 3.07. The maximum absolute atomic E-state index is 13.8. The maximum Gasteiger partial charge on any atom is 0.315 e. The molecule has 5 rings (SSSR count). The van der Waals surface area contributed by atoms with Crippen LogP contribution in [0.25, 0.3) is 0 Å². The highest BCUT2D eigenvalue weighted by Crippen LogP contribution is 2.47. The van der Waals surface area contributed by atoms with Crippen molar-refractivity contribution in [1.82, 2.24) is 0 Å². The quantitative estimate of drug-likeness (QED) is 0.272. The van der Waals surface area contributed by atoms with Crippen LogP contribution < -0.4 is 15.4 Å². The molecule has 0 spiro atoms. The fourth-order valence-corrected chi connectivity index (χ4v) is 5.19. The molecule has 3 N–H and O–H groups in total. The Balaban J connectivity index is 1.63. The van der Waals surface area contributed by atoms with Gasteiger partial charge in [0.15, 0.2) is 11.5 Å². The fraction of sp³-hybridized carbons (Fsp3) is 0.276. The van der Waals surface area contributed by atoms with Gasteiger partial charge in [-0.25, -0.2) is 0 Å². The number of ether oxygens (including phenoxy) is 1. The summed E-state index contributed by atoms with van der Waals surface area (Å²) in [7, 11) is 0. The normalized spacial score (nSPS) is 18.7. The first-order chi connectivity index (χ1) is 17.9. The number of fused-ring (bicyclic) bond motifs is 1. The second-order valence-corrected chi connectivity index (χ2v) is 9.34. The number of carbonyl (C=O) groups is 1. The number of anilines is 2. The van der Waals surface area contributed by atoms with E-state index in [0.717, 1.165) is 29.1 Å². The van der Waals surface area contributed by atoms with Gasteiger partial charge in [-0.1, -0.05) is 43.3 Å². The maximum atomic E-state index is 13.8. The van der Waals surface area contributed by atoms with E-state index in [1.165, 1.54) is 11.6 Å². The molecular weight excluding hydrogens is 470 g/mol. The van der Waals surface area contributed by atoms with Crippen molar-refractivity contribution in [3.63, 3.8) is 0 Å². The molecule has 0 radical (unpaired) electrons. The topological polar surface area (TPSA) is 114 Å². The first-order valence-electron chi connectivity index (χ1n) is 12.5. The van der Waals surface area contributed by atoms with Gasteiger partial charge < -0.3 is 20.5 Å². The molecule has 0 bridgehead atoms. The number of rotatable bonds is 6. The van der Waals surface area contributed by atoms with Gasteiger partial charge in [0.05, 0.1) is 28.9 Å². The number of allylic oxidation sites excluding steroid dienone is 1. The number of aryl methyl sites for hydroxylation is 1. The molecule has 3 aromatic rings. The summed E-state index contributed by atoms with van der Waals surface area (Å²) in [4.78, 5) is 24.9. The van der Waals surface area contributed by atoms with Crippen LogP contribution in [-0.2, 0) is 11.2 Å². The van der Waals surface area contributed by atoms with E-state index in [2.05, 4.69) is 41.8 Å². The van der Waals surface area contributed by atoms with Crippen LogP contribution in [0.15, 0.2) is 71.9 Å². The van der Waals surface area contributed by atoms with Crippen molar-refractivity contribution in [3.05, 3.63) is 98.7 Å². The minimum atomic E-state index is -0.666. The minimum Gasteiger partial charge on any atom is -0.500 e. The summed E-state index contributed by atoms with van der Waals surface area (Å²) < 4.78 is 5.52. The molecule has 2 atom stereocenters. The van der Waals surface area contributed by atoms with Crippen molar-refractivity contribution in [3.8, 4) is 11.5 Å². The molecular formula is C29H29N3O5. The molecule has 1 aliphatic heterocycles. The van der Waals surface area contributed by atoms with E-state index in [1.54, 1.807) is 13.0 Å². The van der Waals surface area contributed by atoms with E-state index in [1.807, 2.05) is 24.3 Å². The summed E-state index contributed by atoms with van der Waals surface area (Å²) in [5.74, 6) is -0.526. The molecule has 8 nitrogen and oxygen atoms in total. The molecule has 0 aromatic heterocycles. The van der Waals surface area contributed by atoms with Gasteiger partial charge in [-0.2, -0.15) is 0 Å². The van der Waals surface area contributed by atoms with Crippen molar-refractivity contribution in [1.29, 1.82) is 0 Å². The number of Topliss-reactive ketones (excluding diaryl/α,β-unsaturated/α-hetero) is 1. The molecule has 37 heavy (non-hydrogen) atoms. The number of nitro benzene ring substituents is 1. The zero-order valence-electron chi connectivity index (χ0n) is 20.8. The summed E-state index contributed by atoms with van der Waals surface area (Å²) in [6, 6.07) is 18.3. The Morgan fingerprint density at radius 3 is 2.43 bits per heavy atom. The van der Waals surface area contributed by atoms with Crippen molar-refractivity contribution in [2.24, 2.45) is 0 Å². The van der Waals surface area contributed by atoms with E-state index >= 15 is 0 Å². The van der Waals surface area contributed by atoms with E-state index in [4.69, 9.17) is 4.74 Å². The zero-order chi connectivity index (χ0) is 26.1. The average molecular weight is 500 g/mol. The highest BCUT2D eigenvalue weighted by atomic mass is 16.6. The first kappa shape index (κ1) is 24.4. The third-order valence-corrected chi connectivity index (χ3v) is 7.08. The number of benzene rings is 3. The lowest BCUT2D eigenvalue weighted by Gasteiger charge is -2.30. The first-order valence-corrected chi connectivity index (χ1v) is 12.5. The predicted molar refractivity (Wildman–Crippen MR) is 142 cm³/mol. The summed E-state index contributed by atoms with van der Waals surface area (Å²) >= 11 is 0. The summed E-state index contributed by atoms with van der Waals surface area (Å²) in [6.07, 6.45) is 1.91. The number of aromatic hydroxyl groups is 1. The van der Waals surface area contributed by atoms with E-state index < -0.39 is 22.4 Å². The van der Waals surface area contributed by atoms with Gasteiger partial charge in [0.2, 0.25) is 5.75 Å². The lowest BCUT2D eigenvalue weighted by molar-refractivity contribution is -0.386. The van der Waals surface area contributed by atoms with E-state index in [0.29, 0.717) is 24.0 Å². The molecule has 8 heteroatoms. The largest absolute Gasteiger partial charge is 0.500 e. The molecule has 0 amide bonds. The summed E-state index contributed by atoms with van der Waals surface area (Å²) in [5, 5.41) is 29.1. The Bertz CT molecular complexity index is 1400. The number of hydrogen-bond donors (Lipinski definition) is 3. The van der Waals surface area contributed by atoms with E-state index in [9.17, 15) is 20.0 Å². The smallest absolute Gasteiger partial charge is 0.315 e. The van der Waals surface area contributed by atoms with Crippen molar-refractivity contribution in [2.45, 2.75) is 45.1 Å². The molecule has 190 valence electrons. The number of nitro groups is 1. The molecule has 2 unspecified atom stereocenters. The van der Waals surface area contributed by atoms with Crippen molar-refractivity contribution < 1.29 is 19.6 Å². The second-order valence-electron chi connectivity index (χ2n) is 9.34. The van der Waals surface area contributed by atoms with Crippen LogP contribution in [0, 0.1) is 10.1 Å². The van der Waals surface area contributed by atoms with Gasteiger partial charge in [-0.15, -0.1) is 0 Å². The Morgan fingerprint density at radius 1 is 1.03 bits per heavy atom. The van der Waals surface area contributed by atoms with Crippen LogP contribution in [-0.4, -0.2) is 22.4 Å². The number of para-hydroxylation sites is 2. The minimum absolute atomic E-state index is 0.0123. The summed E-state index contributed by atoms with van der Waals surface area (Å²) in [6.45, 7) is 4.07. The van der Waals surface area contributed by atoms with Crippen LogP contribution in [0.5, 0.6) is 11.5 Å². The molecule has 2 aliphatic rings. The number of hydrogen-bond acceptors (Lipinski definition) is 7. The Kier molecular flexibility index (Phi) is 6.56. The number of nitrogens with one attached hydrogen (secondary N) is 2. The molecule has 1 heterocycles. The van der Waals surface area contributed by atoms with E-state index in [-0.39, 0.29) is 24.1 Å². The highest BCUT2D eigenvalue weighted by Gasteiger charge is 2.37. The van der Waals surface area contributed by atoms with Crippen LogP contribution in [0.3, 0.4) is 0 Å². The number of phenols is 1. The summed E-state index contributed by atoms with van der Waals surface area (Å²) in [5.41, 5.74) is 5.29. The zero-order valence-corrected chi connectivity index (χ0v) is 20.8. The van der Waals surface area contributed by atoms with Crippen LogP contribution in [0.4, 0.5) is 17.1 Å². The van der Waals surface area contributed by atoms with Crippen LogP contribution in [0.1, 0.15) is 55.3 Å². The molecule has 0 saturated carbocycles. The fourth-order valence-electron chi connectivity index (χ4n) is 5.19. The van der Waals surface area contributed by atoms with Gasteiger partial charge in [0, 0.05) is 23.8 Å². The Labute approximate surface area is 215 Å². The number of phenolic OH excluding ortho intramolecular Hbond substituents is 1. The van der Waals surface area contributed by atoms with Gasteiger partial charge >= 0.3 is 5.69 Å². The second kappa shape index (κ2) is 9.97. The standard InChI is InChI=1S/C29H29N3O5/c1-3-17-9-11-18(12-10-17)19-13-23-27(25(33)15-19)28(31-22-8-6-5-7-21(22)30-23)20-14-24(32(35)36)29(34)26(16-20)37-4-2/h5-12,14,16,19,28,30-31,34H,3-4,13,15H2,1-2H3. The lowest BCUT2D eigenvalue weighted by atomic mass is 9.78.